The maximum Gasteiger partial charge on any atom is 0.293 e. The minimum absolute atomic E-state index is 0.127. The predicted octanol–water partition coefficient (Wildman–Crippen LogP) is -1.54. The third-order valence-electron chi connectivity index (χ3n) is 1.83. The first-order valence-electron chi connectivity index (χ1n) is 3.74. The highest BCUT2D eigenvalue weighted by Crippen LogP contribution is 2.19. The van der Waals surface area contributed by atoms with E-state index in [1.165, 1.54) is 0 Å². The molecule has 0 spiro atoms. The van der Waals surface area contributed by atoms with Gasteiger partial charge in [-0.3, -0.25) is 9.59 Å². The number of aliphatic hydroxyl groups excluding tert-OH is 1. The molecule has 0 bridgehead atoms. The molecule has 3 unspecified atom stereocenters. The summed E-state index contributed by atoms with van der Waals surface area (Å²) in [5, 5.41) is 8.78. The van der Waals surface area contributed by atoms with E-state index < -0.39 is 18.3 Å². The van der Waals surface area contributed by atoms with Crippen LogP contribution in [0.5, 0.6) is 0 Å². The average Bonchev–Trinajstić information content (AvgIpc) is 2.50. The molecule has 0 amide bonds. The van der Waals surface area contributed by atoms with Crippen molar-refractivity contribution in [3.63, 3.8) is 0 Å². The Kier molecular flexibility index (Phi) is 3.66. The van der Waals surface area contributed by atoms with Gasteiger partial charge in [0, 0.05) is 0 Å². The number of carbonyl (C=O) groups excluding carboxylic acids is 2. The summed E-state index contributed by atoms with van der Waals surface area (Å²) in [4.78, 5) is 20.1. The van der Waals surface area contributed by atoms with Crippen molar-refractivity contribution in [1.29, 1.82) is 0 Å². The summed E-state index contributed by atoms with van der Waals surface area (Å²) in [7, 11) is 0. The van der Waals surface area contributed by atoms with Crippen LogP contribution < -0.4 is 0 Å². The molecular weight excluding hydrogens is 180 g/mol. The van der Waals surface area contributed by atoms with E-state index in [-0.39, 0.29) is 26.2 Å². The van der Waals surface area contributed by atoms with Crippen LogP contribution in [0.3, 0.4) is 0 Å². The second-order valence-electron chi connectivity index (χ2n) is 2.52. The van der Waals surface area contributed by atoms with Gasteiger partial charge in [0.05, 0.1) is 13.2 Å². The summed E-state index contributed by atoms with van der Waals surface area (Å²) in [6, 6.07) is 0. The quantitative estimate of drug-likeness (QED) is 0.529. The monoisotopic (exact) mass is 190 g/mol. The van der Waals surface area contributed by atoms with Crippen LogP contribution in [0.4, 0.5) is 0 Å². The molecule has 1 heterocycles. The van der Waals surface area contributed by atoms with E-state index in [0.717, 1.165) is 0 Å². The van der Waals surface area contributed by atoms with Crippen LogP contribution in [0, 0.1) is 0 Å². The molecule has 1 saturated heterocycles. The number of hydrogen-bond acceptors (Lipinski definition) is 6. The Bertz CT molecular complexity index is 182. The van der Waals surface area contributed by atoms with Gasteiger partial charge in [-0.2, -0.15) is 0 Å². The maximum atomic E-state index is 10.1. The lowest BCUT2D eigenvalue weighted by Gasteiger charge is -2.17. The van der Waals surface area contributed by atoms with Crippen LogP contribution in [0.1, 0.15) is 0 Å². The zero-order valence-corrected chi connectivity index (χ0v) is 6.79. The number of aliphatic hydroxyl groups is 1. The van der Waals surface area contributed by atoms with E-state index in [1.807, 2.05) is 0 Å². The molecule has 6 nitrogen and oxygen atoms in total. The number of ether oxygens (including phenoxy) is 3. The molecule has 0 saturated carbocycles. The highest BCUT2D eigenvalue weighted by atomic mass is 16.6. The number of hydrogen-bond donors (Lipinski definition) is 1. The second kappa shape index (κ2) is 4.78. The Morgan fingerprint density at radius 1 is 1.38 bits per heavy atom. The molecule has 3 atom stereocenters. The summed E-state index contributed by atoms with van der Waals surface area (Å²) in [6.45, 7) is 0.345. The molecule has 74 valence electrons. The average molecular weight is 190 g/mol. The topological polar surface area (TPSA) is 82.1 Å². The van der Waals surface area contributed by atoms with Crippen molar-refractivity contribution in [2.45, 2.75) is 18.3 Å². The summed E-state index contributed by atoms with van der Waals surface area (Å²) < 4.78 is 14.2. The van der Waals surface area contributed by atoms with Gasteiger partial charge in [0.1, 0.15) is 6.10 Å². The molecule has 1 aliphatic rings. The first kappa shape index (κ1) is 9.94. The number of carbonyl (C=O) groups is 2. The third kappa shape index (κ3) is 2.16. The van der Waals surface area contributed by atoms with Crippen molar-refractivity contribution in [1.82, 2.24) is 0 Å². The smallest absolute Gasteiger partial charge is 0.293 e. The summed E-state index contributed by atoms with van der Waals surface area (Å²) in [5.74, 6) is 0. The summed E-state index contributed by atoms with van der Waals surface area (Å²) >= 11 is 0. The van der Waals surface area contributed by atoms with Gasteiger partial charge in [-0.1, -0.05) is 0 Å². The fourth-order valence-corrected chi connectivity index (χ4v) is 1.23. The predicted molar refractivity (Wildman–Crippen MR) is 38.7 cm³/mol. The van der Waals surface area contributed by atoms with Gasteiger partial charge in [-0.05, 0) is 0 Å². The standard InChI is InChI=1S/C7H10O6/c8-1-5-7(13-4-10)6(2-11-5)12-3-9/h3-8H,1-2H2. The van der Waals surface area contributed by atoms with E-state index in [1.54, 1.807) is 0 Å². The molecule has 1 rings (SSSR count). The zero-order valence-electron chi connectivity index (χ0n) is 6.79. The minimum atomic E-state index is -0.715. The van der Waals surface area contributed by atoms with Crippen LogP contribution in [0.25, 0.3) is 0 Å². The van der Waals surface area contributed by atoms with Crippen LogP contribution in [0.2, 0.25) is 0 Å². The molecule has 13 heavy (non-hydrogen) atoms. The summed E-state index contributed by atoms with van der Waals surface area (Å²) in [5.41, 5.74) is 0. The van der Waals surface area contributed by atoms with Gasteiger partial charge < -0.3 is 19.3 Å². The molecule has 0 aromatic rings. The molecule has 6 heteroatoms. The van der Waals surface area contributed by atoms with Gasteiger partial charge in [-0.25, -0.2) is 0 Å². The normalized spacial score (nSPS) is 32.5. The van der Waals surface area contributed by atoms with E-state index in [2.05, 4.69) is 9.47 Å². The van der Waals surface area contributed by atoms with E-state index >= 15 is 0 Å². The van der Waals surface area contributed by atoms with Crippen molar-refractivity contribution in [3.8, 4) is 0 Å². The van der Waals surface area contributed by atoms with Gasteiger partial charge in [-0.15, -0.1) is 0 Å². The molecule has 0 radical (unpaired) electrons. The van der Waals surface area contributed by atoms with E-state index in [9.17, 15) is 9.59 Å². The van der Waals surface area contributed by atoms with Gasteiger partial charge in [0.2, 0.25) is 0 Å². The van der Waals surface area contributed by atoms with Gasteiger partial charge in [0.15, 0.2) is 12.2 Å². The van der Waals surface area contributed by atoms with Crippen molar-refractivity contribution < 1.29 is 28.9 Å². The van der Waals surface area contributed by atoms with Crippen LogP contribution in [-0.2, 0) is 23.8 Å². The molecule has 1 N–H and O–H groups in total. The van der Waals surface area contributed by atoms with Crippen LogP contribution >= 0.6 is 0 Å². The van der Waals surface area contributed by atoms with Crippen molar-refractivity contribution >= 4 is 12.9 Å². The van der Waals surface area contributed by atoms with Gasteiger partial charge in [0.25, 0.3) is 12.9 Å². The first-order chi connectivity index (χ1) is 6.33. The third-order valence-corrected chi connectivity index (χ3v) is 1.83. The SMILES string of the molecule is O=COC1COC(CO)C1OC=O. The maximum absolute atomic E-state index is 10.1. The Hall–Kier alpha value is -1.14. The molecular formula is C7H10O6. The molecule has 1 aliphatic heterocycles. The molecule has 0 aromatic heterocycles. The van der Waals surface area contributed by atoms with Gasteiger partial charge >= 0.3 is 0 Å². The van der Waals surface area contributed by atoms with Crippen molar-refractivity contribution in [2.24, 2.45) is 0 Å². The van der Waals surface area contributed by atoms with Crippen molar-refractivity contribution in [3.05, 3.63) is 0 Å². The van der Waals surface area contributed by atoms with E-state index in [4.69, 9.17) is 9.84 Å². The fourth-order valence-electron chi connectivity index (χ4n) is 1.23. The lowest BCUT2D eigenvalue weighted by Crippen LogP contribution is -2.36. The highest BCUT2D eigenvalue weighted by Gasteiger charge is 2.40. The largest absolute Gasteiger partial charge is 0.458 e. The van der Waals surface area contributed by atoms with E-state index in [0.29, 0.717) is 0 Å². The molecule has 0 aliphatic carbocycles. The first-order valence-corrected chi connectivity index (χ1v) is 3.74. The van der Waals surface area contributed by atoms with Crippen molar-refractivity contribution in [2.75, 3.05) is 13.2 Å². The summed E-state index contributed by atoms with van der Waals surface area (Å²) in [6.07, 6.45) is -1.96. The Morgan fingerprint density at radius 2 is 2.08 bits per heavy atom. The lowest BCUT2D eigenvalue weighted by atomic mass is 10.1. The molecule has 0 aromatic carbocycles. The van der Waals surface area contributed by atoms with Crippen LogP contribution in [0.15, 0.2) is 0 Å². The number of rotatable bonds is 5. The fraction of sp³-hybridized carbons (Fsp3) is 0.714. The minimum Gasteiger partial charge on any atom is -0.458 e. The highest BCUT2D eigenvalue weighted by molar-refractivity contribution is 5.39. The molecule has 1 fully saturated rings. The Morgan fingerprint density at radius 3 is 2.62 bits per heavy atom. The lowest BCUT2D eigenvalue weighted by molar-refractivity contribution is -0.149. The second-order valence-corrected chi connectivity index (χ2v) is 2.52. The Balaban J connectivity index is 2.54. The zero-order chi connectivity index (χ0) is 9.68. The Labute approximate surface area is 74.4 Å². The van der Waals surface area contributed by atoms with Crippen LogP contribution in [-0.4, -0.2) is 49.6 Å².